The van der Waals surface area contributed by atoms with Gasteiger partial charge in [-0.1, -0.05) is 13.3 Å². The summed E-state index contributed by atoms with van der Waals surface area (Å²) in [6.45, 7) is 1.79. The molecule has 14 heavy (non-hydrogen) atoms. The lowest BCUT2D eigenvalue weighted by Crippen LogP contribution is -2.46. The first kappa shape index (κ1) is 11.0. The third-order valence-electron chi connectivity index (χ3n) is 2.18. The van der Waals surface area contributed by atoms with E-state index in [1.54, 1.807) is 6.07 Å². The van der Waals surface area contributed by atoms with Crippen LogP contribution in [-0.4, -0.2) is 30.6 Å². The van der Waals surface area contributed by atoms with Crippen LogP contribution in [0.2, 0.25) is 0 Å². The molecule has 0 unspecified atom stereocenters. The first-order valence-electron chi connectivity index (χ1n) is 4.52. The van der Waals surface area contributed by atoms with Gasteiger partial charge >= 0.3 is 5.97 Å². The van der Waals surface area contributed by atoms with Gasteiger partial charge < -0.3 is 14.6 Å². The Morgan fingerprint density at radius 3 is 2.57 bits per heavy atom. The van der Waals surface area contributed by atoms with Crippen LogP contribution in [0.3, 0.4) is 0 Å². The molecule has 1 N–H and O–H groups in total. The molecule has 0 saturated carbocycles. The fraction of sp³-hybridized carbons (Fsp3) is 0.778. The van der Waals surface area contributed by atoms with Crippen molar-refractivity contribution in [3.63, 3.8) is 0 Å². The highest BCUT2D eigenvalue weighted by atomic mass is 16.7. The third kappa shape index (κ3) is 2.03. The first-order chi connectivity index (χ1) is 6.64. The van der Waals surface area contributed by atoms with E-state index in [0.29, 0.717) is 0 Å². The molecule has 78 valence electrons. The van der Waals surface area contributed by atoms with Gasteiger partial charge in [-0.25, -0.2) is 0 Å². The number of nitriles is 1. The van der Waals surface area contributed by atoms with Crippen LogP contribution in [0.1, 0.15) is 19.8 Å². The van der Waals surface area contributed by atoms with Gasteiger partial charge in [-0.2, -0.15) is 5.26 Å². The van der Waals surface area contributed by atoms with Gasteiger partial charge in [0.1, 0.15) is 0 Å². The molecule has 5 nitrogen and oxygen atoms in total. The number of carbonyl (C=O) groups is 1. The van der Waals surface area contributed by atoms with Crippen molar-refractivity contribution < 1.29 is 19.4 Å². The van der Waals surface area contributed by atoms with Crippen molar-refractivity contribution in [2.24, 2.45) is 5.41 Å². The number of hydrogen-bond donors (Lipinski definition) is 1. The number of hydrogen-bond acceptors (Lipinski definition) is 4. The van der Waals surface area contributed by atoms with Gasteiger partial charge in [0.05, 0.1) is 19.3 Å². The van der Waals surface area contributed by atoms with Gasteiger partial charge in [-0.3, -0.25) is 4.79 Å². The SMILES string of the molecule is CCCC1OCC(C#N)(C(=O)O)CO1. The van der Waals surface area contributed by atoms with E-state index < -0.39 is 11.4 Å². The van der Waals surface area contributed by atoms with Crippen LogP contribution < -0.4 is 0 Å². The molecular weight excluding hydrogens is 186 g/mol. The van der Waals surface area contributed by atoms with Crippen LogP contribution in [0.25, 0.3) is 0 Å². The Morgan fingerprint density at radius 2 is 2.21 bits per heavy atom. The van der Waals surface area contributed by atoms with Crippen molar-refractivity contribution in [2.75, 3.05) is 13.2 Å². The van der Waals surface area contributed by atoms with Gasteiger partial charge in [-0.15, -0.1) is 0 Å². The lowest BCUT2D eigenvalue weighted by atomic mass is 9.91. The van der Waals surface area contributed by atoms with E-state index in [0.717, 1.165) is 12.8 Å². The van der Waals surface area contributed by atoms with Gasteiger partial charge in [0, 0.05) is 0 Å². The topological polar surface area (TPSA) is 79.5 Å². The summed E-state index contributed by atoms with van der Waals surface area (Å²) < 4.78 is 10.3. The standard InChI is InChI=1S/C9H13NO4/c1-2-3-7-13-5-9(4-10,6-14-7)8(11)12/h7H,2-3,5-6H2,1H3,(H,11,12). The predicted octanol–water partition coefficient (Wildman–Crippen LogP) is 0.754. The second-order valence-corrected chi connectivity index (χ2v) is 3.34. The number of ether oxygens (including phenoxy) is 2. The Bertz CT molecular complexity index is 250. The average Bonchev–Trinajstić information content (AvgIpc) is 2.19. The molecule has 1 fully saturated rings. The molecule has 0 aromatic rings. The maximum absolute atomic E-state index is 10.8. The smallest absolute Gasteiger partial charge is 0.328 e. The molecule has 0 amide bonds. The lowest BCUT2D eigenvalue weighted by Gasteiger charge is -2.31. The number of aliphatic carboxylic acids is 1. The minimum Gasteiger partial charge on any atom is -0.480 e. The monoisotopic (exact) mass is 199 g/mol. The molecule has 1 heterocycles. The van der Waals surface area contributed by atoms with E-state index in [1.165, 1.54) is 0 Å². The average molecular weight is 199 g/mol. The molecule has 0 atom stereocenters. The summed E-state index contributed by atoms with van der Waals surface area (Å²) in [6.07, 6.45) is 1.26. The van der Waals surface area contributed by atoms with Crippen LogP contribution in [0.15, 0.2) is 0 Å². The summed E-state index contributed by atoms with van der Waals surface area (Å²) in [5, 5.41) is 17.6. The summed E-state index contributed by atoms with van der Waals surface area (Å²) in [5.41, 5.74) is -1.52. The fourth-order valence-corrected chi connectivity index (χ4v) is 1.20. The summed E-state index contributed by atoms with van der Waals surface area (Å²) >= 11 is 0. The summed E-state index contributed by atoms with van der Waals surface area (Å²) in [6, 6.07) is 1.73. The van der Waals surface area contributed by atoms with E-state index in [-0.39, 0.29) is 19.5 Å². The first-order valence-corrected chi connectivity index (χ1v) is 4.52. The summed E-state index contributed by atoms with van der Waals surface area (Å²) in [5.74, 6) is -1.19. The van der Waals surface area contributed by atoms with Crippen molar-refractivity contribution >= 4 is 5.97 Å². The van der Waals surface area contributed by atoms with Crippen molar-refractivity contribution in [3.8, 4) is 6.07 Å². The molecule has 1 aliphatic heterocycles. The van der Waals surface area contributed by atoms with Crippen LogP contribution in [-0.2, 0) is 14.3 Å². The molecule has 0 bridgehead atoms. The maximum Gasteiger partial charge on any atom is 0.328 e. The molecule has 0 aromatic heterocycles. The highest BCUT2D eigenvalue weighted by Gasteiger charge is 2.44. The second-order valence-electron chi connectivity index (χ2n) is 3.34. The summed E-state index contributed by atoms with van der Waals surface area (Å²) in [4.78, 5) is 10.8. The van der Waals surface area contributed by atoms with Crippen LogP contribution in [0.4, 0.5) is 0 Å². The Kier molecular flexibility index (Phi) is 3.44. The number of carboxylic acid groups (broad SMARTS) is 1. The van der Waals surface area contributed by atoms with E-state index >= 15 is 0 Å². The second kappa shape index (κ2) is 4.40. The number of rotatable bonds is 3. The molecule has 0 aromatic carbocycles. The fourth-order valence-electron chi connectivity index (χ4n) is 1.20. The van der Waals surface area contributed by atoms with E-state index in [1.807, 2.05) is 6.92 Å². The molecular formula is C9H13NO4. The van der Waals surface area contributed by atoms with Crippen molar-refractivity contribution in [1.82, 2.24) is 0 Å². The molecule has 0 radical (unpaired) electrons. The largest absolute Gasteiger partial charge is 0.480 e. The number of nitrogens with zero attached hydrogens (tertiary/aromatic N) is 1. The zero-order valence-corrected chi connectivity index (χ0v) is 8.02. The van der Waals surface area contributed by atoms with E-state index in [9.17, 15) is 4.79 Å². The molecule has 0 aliphatic carbocycles. The Labute approximate surface area is 82.2 Å². The van der Waals surface area contributed by atoms with Crippen LogP contribution in [0.5, 0.6) is 0 Å². The predicted molar refractivity (Wildman–Crippen MR) is 46.3 cm³/mol. The van der Waals surface area contributed by atoms with Gasteiger partial charge in [0.2, 0.25) is 5.41 Å². The lowest BCUT2D eigenvalue weighted by molar-refractivity contribution is -0.223. The van der Waals surface area contributed by atoms with Crippen molar-refractivity contribution in [2.45, 2.75) is 26.1 Å². The van der Waals surface area contributed by atoms with Gasteiger partial charge in [0.15, 0.2) is 6.29 Å². The molecule has 1 rings (SSSR count). The third-order valence-corrected chi connectivity index (χ3v) is 2.18. The highest BCUT2D eigenvalue weighted by Crippen LogP contribution is 2.25. The Morgan fingerprint density at radius 1 is 1.64 bits per heavy atom. The maximum atomic E-state index is 10.8. The molecule has 1 aliphatic rings. The Balaban J connectivity index is 2.56. The minimum atomic E-state index is -1.52. The zero-order chi connectivity index (χ0) is 10.6. The molecule has 5 heteroatoms. The van der Waals surface area contributed by atoms with E-state index in [2.05, 4.69) is 0 Å². The number of carboxylic acids is 1. The molecule has 1 saturated heterocycles. The van der Waals surface area contributed by atoms with Crippen molar-refractivity contribution in [3.05, 3.63) is 0 Å². The van der Waals surface area contributed by atoms with Crippen LogP contribution >= 0.6 is 0 Å². The van der Waals surface area contributed by atoms with Gasteiger partial charge in [0.25, 0.3) is 0 Å². The Hall–Kier alpha value is -1.12. The minimum absolute atomic E-state index is 0.0938. The highest BCUT2D eigenvalue weighted by molar-refractivity contribution is 5.78. The normalized spacial score (nSPS) is 32.1. The quantitative estimate of drug-likeness (QED) is 0.725. The molecule has 0 spiro atoms. The van der Waals surface area contributed by atoms with Crippen molar-refractivity contribution in [1.29, 1.82) is 5.26 Å². The van der Waals surface area contributed by atoms with Gasteiger partial charge in [-0.05, 0) is 6.42 Å². The zero-order valence-electron chi connectivity index (χ0n) is 8.02. The van der Waals surface area contributed by atoms with Crippen LogP contribution in [0, 0.1) is 16.7 Å². The summed E-state index contributed by atoms with van der Waals surface area (Å²) in [7, 11) is 0. The van der Waals surface area contributed by atoms with E-state index in [4.69, 9.17) is 19.8 Å².